The van der Waals surface area contributed by atoms with Gasteiger partial charge in [-0.3, -0.25) is 4.79 Å². The van der Waals surface area contributed by atoms with Crippen molar-refractivity contribution < 1.29 is 14.4 Å². The Labute approximate surface area is 139 Å². The minimum atomic E-state index is -0.546. The van der Waals surface area contributed by atoms with E-state index in [1.54, 1.807) is 11.0 Å². The molecule has 0 unspecified atom stereocenters. The van der Waals surface area contributed by atoms with Crippen LogP contribution in [-0.4, -0.2) is 40.3 Å². The van der Waals surface area contributed by atoms with Crippen molar-refractivity contribution in [2.75, 3.05) is 13.1 Å². The molecule has 2 aromatic rings. The van der Waals surface area contributed by atoms with E-state index in [0.29, 0.717) is 24.5 Å². The molecule has 122 valence electrons. The molecule has 1 amide bonds. The zero-order chi connectivity index (χ0) is 16.4. The number of likely N-dealkylation sites (tertiary alicyclic amines) is 1. The van der Waals surface area contributed by atoms with Crippen LogP contribution in [0.4, 0.5) is 0 Å². The molecule has 2 atom stereocenters. The van der Waals surface area contributed by atoms with Gasteiger partial charge in [-0.1, -0.05) is 35.0 Å². The van der Waals surface area contributed by atoms with Crippen LogP contribution in [0.1, 0.15) is 17.0 Å². The van der Waals surface area contributed by atoms with Gasteiger partial charge in [-0.25, -0.2) is 0 Å². The Morgan fingerprint density at radius 1 is 1.43 bits per heavy atom. The largest absolute Gasteiger partial charge is 0.391 e. The second-order valence-corrected chi connectivity index (χ2v) is 6.44. The van der Waals surface area contributed by atoms with Crippen LogP contribution < -0.4 is 0 Å². The fraction of sp³-hybridized carbons (Fsp3) is 0.412. The summed E-state index contributed by atoms with van der Waals surface area (Å²) in [6.07, 6.45) is 0.286. The van der Waals surface area contributed by atoms with Crippen molar-refractivity contribution >= 4 is 17.5 Å². The predicted octanol–water partition coefficient (Wildman–Crippen LogP) is 2.24. The zero-order valence-electron chi connectivity index (χ0n) is 12.9. The van der Waals surface area contributed by atoms with E-state index in [4.69, 9.17) is 16.1 Å². The Balaban J connectivity index is 1.61. The van der Waals surface area contributed by atoms with E-state index in [1.807, 2.05) is 31.2 Å². The third-order valence-corrected chi connectivity index (χ3v) is 4.57. The Kier molecular flexibility index (Phi) is 4.68. The normalized spacial score (nSPS) is 20.9. The number of nitrogens with zero attached hydrogens (tertiary/aromatic N) is 2. The lowest BCUT2D eigenvalue weighted by Gasteiger charge is -2.16. The molecule has 1 aromatic heterocycles. The lowest BCUT2D eigenvalue weighted by Crippen LogP contribution is -2.31. The van der Waals surface area contributed by atoms with Crippen molar-refractivity contribution in [1.29, 1.82) is 0 Å². The molecule has 23 heavy (non-hydrogen) atoms. The first-order valence-electron chi connectivity index (χ1n) is 7.64. The Morgan fingerprint density at radius 3 is 2.91 bits per heavy atom. The van der Waals surface area contributed by atoms with Crippen LogP contribution in [0.2, 0.25) is 5.02 Å². The summed E-state index contributed by atoms with van der Waals surface area (Å²) in [6.45, 7) is 2.72. The number of hydrogen-bond acceptors (Lipinski definition) is 4. The summed E-state index contributed by atoms with van der Waals surface area (Å²) in [6, 6.07) is 9.19. The van der Waals surface area contributed by atoms with Crippen LogP contribution in [-0.2, 0) is 17.6 Å². The number of amides is 1. The van der Waals surface area contributed by atoms with Crippen molar-refractivity contribution in [3.05, 3.63) is 52.4 Å². The first-order chi connectivity index (χ1) is 11.0. The van der Waals surface area contributed by atoms with Crippen molar-refractivity contribution in [3.63, 3.8) is 0 Å². The second kappa shape index (κ2) is 6.72. The molecule has 1 saturated heterocycles. The highest BCUT2D eigenvalue weighted by Crippen LogP contribution is 2.24. The number of hydrogen-bond donors (Lipinski definition) is 1. The summed E-state index contributed by atoms with van der Waals surface area (Å²) < 4.78 is 5.20. The second-order valence-electron chi connectivity index (χ2n) is 6.03. The number of aryl methyl sites for hydroxylation is 1. The van der Waals surface area contributed by atoms with Crippen molar-refractivity contribution in [2.45, 2.75) is 25.9 Å². The van der Waals surface area contributed by atoms with Gasteiger partial charge in [-0.2, -0.15) is 0 Å². The molecule has 0 spiro atoms. The molecular formula is C17H19ClN2O3. The number of aliphatic hydroxyl groups excluding tert-OH is 1. The molecule has 1 fully saturated rings. The van der Waals surface area contributed by atoms with Gasteiger partial charge in [0.25, 0.3) is 0 Å². The summed E-state index contributed by atoms with van der Waals surface area (Å²) in [7, 11) is 0. The Hall–Kier alpha value is -1.85. The maximum Gasteiger partial charge on any atom is 0.227 e. The maximum atomic E-state index is 12.4. The minimum absolute atomic E-state index is 0.0200. The molecule has 0 bridgehead atoms. The molecule has 1 aliphatic rings. The fourth-order valence-electron chi connectivity index (χ4n) is 2.95. The molecule has 5 nitrogen and oxygen atoms in total. The molecule has 0 aliphatic carbocycles. The summed E-state index contributed by atoms with van der Waals surface area (Å²) in [4.78, 5) is 14.1. The van der Waals surface area contributed by atoms with Gasteiger partial charge in [0, 0.05) is 36.5 Å². The first-order valence-corrected chi connectivity index (χ1v) is 8.02. The molecule has 0 saturated carbocycles. The maximum absolute atomic E-state index is 12.4. The van der Waals surface area contributed by atoms with Gasteiger partial charge in [0.05, 0.1) is 18.2 Å². The summed E-state index contributed by atoms with van der Waals surface area (Å²) in [5.41, 5.74) is 1.63. The molecule has 6 heteroatoms. The van der Waals surface area contributed by atoms with E-state index >= 15 is 0 Å². The number of carbonyl (C=O) groups is 1. The van der Waals surface area contributed by atoms with E-state index in [-0.39, 0.29) is 18.2 Å². The number of aliphatic hydroxyl groups is 1. The van der Waals surface area contributed by atoms with E-state index in [9.17, 15) is 9.90 Å². The van der Waals surface area contributed by atoms with E-state index in [1.165, 1.54) is 0 Å². The van der Waals surface area contributed by atoms with Gasteiger partial charge in [-0.15, -0.1) is 0 Å². The number of carbonyl (C=O) groups excluding carboxylic acids is 1. The van der Waals surface area contributed by atoms with Gasteiger partial charge < -0.3 is 14.5 Å². The topological polar surface area (TPSA) is 66.6 Å². The minimum Gasteiger partial charge on any atom is -0.391 e. The van der Waals surface area contributed by atoms with Crippen LogP contribution >= 0.6 is 11.6 Å². The molecule has 1 aliphatic heterocycles. The predicted molar refractivity (Wildman–Crippen MR) is 86.2 cm³/mol. The third kappa shape index (κ3) is 3.74. The van der Waals surface area contributed by atoms with Crippen LogP contribution in [0.25, 0.3) is 0 Å². The van der Waals surface area contributed by atoms with Crippen molar-refractivity contribution in [3.8, 4) is 0 Å². The van der Waals surface area contributed by atoms with Gasteiger partial charge in [0.1, 0.15) is 5.76 Å². The number of aromatic nitrogens is 1. The quantitative estimate of drug-likeness (QED) is 0.931. The van der Waals surface area contributed by atoms with Gasteiger partial charge in [-0.05, 0) is 18.6 Å². The number of benzene rings is 1. The smallest absolute Gasteiger partial charge is 0.227 e. The van der Waals surface area contributed by atoms with Gasteiger partial charge in [0.15, 0.2) is 0 Å². The lowest BCUT2D eigenvalue weighted by molar-refractivity contribution is -0.129. The Morgan fingerprint density at radius 2 is 2.22 bits per heavy atom. The number of β-amino-alcohol motifs (C(OH)–C–C–N with tert-alkyl or cyclic N) is 1. The molecule has 2 heterocycles. The standard InChI is InChI=1S/C17H19ClN2O3/c1-11-6-14(23-19-11)7-13-9-20(10-16(13)21)17(22)8-12-4-2-3-5-15(12)18/h2-6,13,16,21H,7-10H2,1H3/t13-,16-/m1/s1. The first kappa shape index (κ1) is 16.0. The molecule has 1 N–H and O–H groups in total. The number of rotatable bonds is 4. The summed E-state index contributed by atoms with van der Waals surface area (Å²) in [5.74, 6) is 0.692. The highest BCUT2D eigenvalue weighted by molar-refractivity contribution is 6.31. The monoisotopic (exact) mass is 334 g/mol. The lowest BCUT2D eigenvalue weighted by atomic mass is 10.0. The average molecular weight is 335 g/mol. The molecule has 1 aromatic carbocycles. The van der Waals surface area contributed by atoms with E-state index < -0.39 is 6.10 Å². The third-order valence-electron chi connectivity index (χ3n) is 4.20. The van der Waals surface area contributed by atoms with E-state index in [0.717, 1.165) is 17.0 Å². The summed E-state index contributed by atoms with van der Waals surface area (Å²) in [5, 5.41) is 14.7. The number of halogens is 1. The van der Waals surface area contributed by atoms with Gasteiger partial charge in [0.2, 0.25) is 5.91 Å². The molecule has 3 rings (SSSR count). The highest BCUT2D eigenvalue weighted by Gasteiger charge is 2.34. The zero-order valence-corrected chi connectivity index (χ0v) is 13.7. The SMILES string of the molecule is Cc1cc(C[C@@H]2CN(C(=O)Cc3ccccc3Cl)C[C@H]2O)on1. The van der Waals surface area contributed by atoms with E-state index in [2.05, 4.69) is 5.16 Å². The van der Waals surface area contributed by atoms with Crippen LogP contribution in [0.15, 0.2) is 34.9 Å². The van der Waals surface area contributed by atoms with Crippen LogP contribution in [0, 0.1) is 12.8 Å². The fourth-order valence-corrected chi connectivity index (χ4v) is 3.15. The van der Waals surface area contributed by atoms with Crippen LogP contribution in [0.3, 0.4) is 0 Å². The van der Waals surface area contributed by atoms with Crippen molar-refractivity contribution in [1.82, 2.24) is 10.1 Å². The molecule has 0 radical (unpaired) electrons. The molecular weight excluding hydrogens is 316 g/mol. The highest BCUT2D eigenvalue weighted by atomic mass is 35.5. The summed E-state index contributed by atoms with van der Waals surface area (Å²) >= 11 is 6.10. The van der Waals surface area contributed by atoms with Gasteiger partial charge >= 0.3 is 0 Å². The Bertz CT molecular complexity index is 701. The van der Waals surface area contributed by atoms with Crippen LogP contribution in [0.5, 0.6) is 0 Å². The average Bonchev–Trinajstić information content (AvgIpc) is 3.08. The van der Waals surface area contributed by atoms with Crippen molar-refractivity contribution in [2.24, 2.45) is 5.92 Å².